The molecule has 0 fully saturated rings. The van der Waals surface area contributed by atoms with E-state index < -0.39 is 0 Å². The molecule has 0 aliphatic heterocycles. The number of pyridine rings is 1. The lowest BCUT2D eigenvalue weighted by molar-refractivity contribution is -0.116. The molecule has 0 aliphatic carbocycles. The highest BCUT2D eigenvalue weighted by atomic mass is 35.5. The van der Waals surface area contributed by atoms with Gasteiger partial charge in [-0.05, 0) is 26.0 Å². The van der Waals surface area contributed by atoms with Gasteiger partial charge in [0.25, 0.3) is 0 Å². The molecular formula is C13H19Cl2N5O. The standard InChI is InChI=1S/C13H17N5O.2ClH/c1-9(14)8-12(19)17-11-4-3-5-16-13(11)18-7-6-15-10(18)2;;/h3-7,9H,8,14H2,1-2H3,(H,17,19);2*1H. The summed E-state index contributed by atoms with van der Waals surface area (Å²) in [6.07, 6.45) is 5.45. The molecule has 2 heterocycles. The first-order valence-corrected chi connectivity index (χ1v) is 6.08. The third kappa shape index (κ3) is 5.00. The zero-order chi connectivity index (χ0) is 13.8. The van der Waals surface area contributed by atoms with Gasteiger partial charge in [0.15, 0.2) is 5.82 Å². The monoisotopic (exact) mass is 331 g/mol. The summed E-state index contributed by atoms with van der Waals surface area (Å²) >= 11 is 0. The molecule has 8 heteroatoms. The molecule has 0 saturated carbocycles. The van der Waals surface area contributed by atoms with E-state index in [-0.39, 0.29) is 43.2 Å². The Morgan fingerprint density at radius 3 is 2.67 bits per heavy atom. The SMILES string of the molecule is Cc1nccn1-c1ncccc1NC(=O)CC(C)N.Cl.Cl. The number of nitrogens with one attached hydrogen (secondary N) is 1. The van der Waals surface area contributed by atoms with E-state index in [0.29, 0.717) is 11.5 Å². The number of imidazole rings is 1. The maximum Gasteiger partial charge on any atom is 0.226 e. The Hall–Kier alpha value is -1.63. The van der Waals surface area contributed by atoms with Gasteiger partial charge in [-0.3, -0.25) is 9.36 Å². The predicted molar refractivity (Wildman–Crippen MR) is 87.5 cm³/mol. The first kappa shape index (κ1) is 19.4. The molecule has 0 saturated heterocycles. The number of aromatic nitrogens is 3. The van der Waals surface area contributed by atoms with Crippen LogP contribution in [-0.4, -0.2) is 26.5 Å². The summed E-state index contributed by atoms with van der Waals surface area (Å²) in [5, 5.41) is 2.83. The average Bonchev–Trinajstić information content (AvgIpc) is 2.75. The quantitative estimate of drug-likeness (QED) is 0.898. The van der Waals surface area contributed by atoms with Crippen LogP contribution in [0.25, 0.3) is 5.82 Å². The zero-order valence-corrected chi connectivity index (χ0v) is 13.4. The first-order chi connectivity index (χ1) is 9.08. The second-order valence-electron chi connectivity index (χ2n) is 4.45. The van der Waals surface area contributed by atoms with Crippen molar-refractivity contribution < 1.29 is 4.79 Å². The second-order valence-corrected chi connectivity index (χ2v) is 4.45. The van der Waals surface area contributed by atoms with E-state index in [1.165, 1.54) is 0 Å². The molecule has 0 aliphatic rings. The van der Waals surface area contributed by atoms with Gasteiger partial charge in [0.05, 0.1) is 5.69 Å². The number of hydrogen-bond donors (Lipinski definition) is 2. The molecule has 116 valence electrons. The maximum atomic E-state index is 11.8. The summed E-state index contributed by atoms with van der Waals surface area (Å²) in [4.78, 5) is 20.2. The van der Waals surface area contributed by atoms with Crippen LogP contribution in [0.1, 0.15) is 19.2 Å². The topological polar surface area (TPSA) is 85.8 Å². The van der Waals surface area contributed by atoms with Crippen molar-refractivity contribution in [2.75, 3.05) is 5.32 Å². The van der Waals surface area contributed by atoms with E-state index >= 15 is 0 Å². The Bertz CT molecular complexity index is 585. The van der Waals surface area contributed by atoms with Gasteiger partial charge in [-0.2, -0.15) is 0 Å². The van der Waals surface area contributed by atoms with Crippen LogP contribution in [-0.2, 0) is 4.79 Å². The van der Waals surface area contributed by atoms with Crippen LogP contribution in [0, 0.1) is 6.92 Å². The van der Waals surface area contributed by atoms with Crippen molar-refractivity contribution in [3.63, 3.8) is 0 Å². The van der Waals surface area contributed by atoms with Crippen molar-refractivity contribution in [2.24, 2.45) is 5.73 Å². The minimum absolute atomic E-state index is 0. The fourth-order valence-corrected chi connectivity index (χ4v) is 1.78. The highest BCUT2D eigenvalue weighted by molar-refractivity contribution is 5.92. The molecular weight excluding hydrogens is 313 g/mol. The van der Waals surface area contributed by atoms with Crippen molar-refractivity contribution in [1.82, 2.24) is 14.5 Å². The van der Waals surface area contributed by atoms with Crippen LogP contribution in [0.2, 0.25) is 0 Å². The average molecular weight is 332 g/mol. The number of nitrogens with zero attached hydrogens (tertiary/aromatic N) is 3. The van der Waals surface area contributed by atoms with Crippen molar-refractivity contribution in [3.05, 3.63) is 36.5 Å². The van der Waals surface area contributed by atoms with Crippen molar-refractivity contribution >= 4 is 36.4 Å². The van der Waals surface area contributed by atoms with Crippen LogP contribution in [0.4, 0.5) is 5.69 Å². The number of nitrogens with two attached hydrogens (primary N) is 1. The van der Waals surface area contributed by atoms with Crippen LogP contribution in [0.5, 0.6) is 0 Å². The first-order valence-electron chi connectivity index (χ1n) is 6.08. The van der Waals surface area contributed by atoms with Gasteiger partial charge in [-0.15, -0.1) is 24.8 Å². The van der Waals surface area contributed by atoms with E-state index in [0.717, 1.165) is 5.82 Å². The molecule has 0 radical (unpaired) electrons. The van der Waals surface area contributed by atoms with Crippen molar-refractivity contribution in [3.8, 4) is 5.82 Å². The van der Waals surface area contributed by atoms with Gasteiger partial charge in [0.1, 0.15) is 5.82 Å². The van der Waals surface area contributed by atoms with Gasteiger partial charge in [-0.1, -0.05) is 0 Å². The molecule has 6 nitrogen and oxygen atoms in total. The van der Waals surface area contributed by atoms with Gasteiger partial charge in [-0.25, -0.2) is 9.97 Å². The molecule has 2 aromatic heterocycles. The van der Waals surface area contributed by atoms with Crippen molar-refractivity contribution in [1.29, 1.82) is 0 Å². The molecule has 2 aromatic rings. The Labute approximate surface area is 136 Å². The fraction of sp³-hybridized carbons (Fsp3) is 0.308. The largest absolute Gasteiger partial charge is 0.327 e. The molecule has 21 heavy (non-hydrogen) atoms. The third-order valence-corrected chi connectivity index (χ3v) is 2.62. The van der Waals surface area contributed by atoms with Gasteiger partial charge in [0, 0.05) is 31.1 Å². The highest BCUT2D eigenvalue weighted by Gasteiger charge is 2.11. The molecule has 0 spiro atoms. The molecule has 1 unspecified atom stereocenters. The lowest BCUT2D eigenvalue weighted by atomic mass is 10.2. The van der Waals surface area contributed by atoms with Crippen LogP contribution in [0.15, 0.2) is 30.7 Å². The third-order valence-electron chi connectivity index (χ3n) is 2.62. The summed E-state index contributed by atoms with van der Waals surface area (Å²) in [6, 6.07) is 3.41. The van der Waals surface area contributed by atoms with E-state index in [9.17, 15) is 4.79 Å². The Kier molecular flexibility index (Phi) is 7.94. The Balaban J connectivity index is 0.00000200. The van der Waals surface area contributed by atoms with E-state index in [1.54, 1.807) is 37.6 Å². The summed E-state index contributed by atoms with van der Waals surface area (Å²) in [5.41, 5.74) is 6.26. The molecule has 2 rings (SSSR count). The number of aryl methyl sites for hydroxylation is 1. The fourth-order valence-electron chi connectivity index (χ4n) is 1.78. The number of hydrogen-bond acceptors (Lipinski definition) is 4. The molecule has 1 amide bonds. The minimum Gasteiger partial charge on any atom is -0.327 e. The normalized spacial score (nSPS) is 11.0. The number of amides is 1. The number of carbonyl (C=O) groups excluding carboxylic acids is 1. The number of carbonyl (C=O) groups is 1. The maximum absolute atomic E-state index is 11.8. The molecule has 1 atom stereocenters. The van der Waals surface area contributed by atoms with Gasteiger partial charge in [0.2, 0.25) is 5.91 Å². The predicted octanol–water partition coefficient (Wildman–Crippen LogP) is 2.10. The van der Waals surface area contributed by atoms with Gasteiger partial charge < -0.3 is 11.1 Å². The zero-order valence-electron chi connectivity index (χ0n) is 11.8. The summed E-state index contributed by atoms with van der Waals surface area (Å²) in [5.74, 6) is 1.33. The second kappa shape index (κ2) is 8.61. The van der Waals surface area contributed by atoms with Crippen LogP contribution >= 0.6 is 24.8 Å². The minimum atomic E-state index is -0.171. The van der Waals surface area contributed by atoms with Gasteiger partial charge >= 0.3 is 0 Å². The Morgan fingerprint density at radius 2 is 2.10 bits per heavy atom. The molecule has 0 aromatic carbocycles. The highest BCUT2D eigenvalue weighted by Crippen LogP contribution is 2.18. The summed E-state index contributed by atoms with van der Waals surface area (Å²) < 4.78 is 1.82. The number of anilines is 1. The molecule has 0 bridgehead atoms. The van der Waals surface area contributed by atoms with E-state index in [4.69, 9.17) is 5.73 Å². The van der Waals surface area contributed by atoms with Crippen LogP contribution in [0.3, 0.4) is 0 Å². The van der Waals surface area contributed by atoms with Crippen molar-refractivity contribution in [2.45, 2.75) is 26.3 Å². The van der Waals surface area contributed by atoms with E-state index in [2.05, 4.69) is 15.3 Å². The van der Waals surface area contributed by atoms with E-state index in [1.807, 2.05) is 11.5 Å². The summed E-state index contributed by atoms with van der Waals surface area (Å²) in [6.45, 7) is 3.67. The van der Waals surface area contributed by atoms with Crippen LogP contribution < -0.4 is 11.1 Å². The molecule has 3 N–H and O–H groups in total. The Morgan fingerprint density at radius 1 is 1.38 bits per heavy atom. The lowest BCUT2D eigenvalue weighted by Crippen LogP contribution is -2.24. The number of halogens is 2. The lowest BCUT2D eigenvalue weighted by Gasteiger charge is -2.12. The summed E-state index contributed by atoms with van der Waals surface area (Å²) in [7, 11) is 0. The smallest absolute Gasteiger partial charge is 0.226 e. The number of rotatable bonds is 4.